The summed E-state index contributed by atoms with van der Waals surface area (Å²) >= 11 is 3.46. The Balaban J connectivity index is 2.60. The van der Waals surface area contributed by atoms with Crippen LogP contribution in [0.2, 0.25) is 0 Å². The van der Waals surface area contributed by atoms with Crippen molar-refractivity contribution in [3.63, 3.8) is 0 Å². The van der Waals surface area contributed by atoms with Gasteiger partial charge < -0.3 is 10.1 Å². The molecule has 0 radical (unpaired) electrons. The molecule has 1 unspecified atom stereocenters. The van der Waals surface area contributed by atoms with E-state index in [2.05, 4.69) is 25.3 Å². The van der Waals surface area contributed by atoms with Gasteiger partial charge in [0, 0.05) is 28.8 Å². The van der Waals surface area contributed by atoms with Crippen LogP contribution in [0.25, 0.3) is 5.65 Å². The van der Waals surface area contributed by atoms with Gasteiger partial charge in [-0.15, -0.1) is 0 Å². The first-order valence-electron chi connectivity index (χ1n) is 4.96. The second-order valence-corrected chi connectivity index (χ2v) is 4.82. The Morgan fingerprint density at radius 3 is 2.93 bits per heavy atom. The van der Waals surface area contributed by atoms with Gasteiger partial charge in [-0.2, -0.15) is 0 Å². The lowest BCUT2D eigenvalue weighted by molar-refractivity contribution is 0.713. The summed E-state index contributed by atoms with van der Waals surface area (Å²) in [7, 11) is 0. The summed E-state index contributed by atoms with van der Waals surface area (Å²) in [6.45, 7) is 4.04. The molecule has 0 aliphatic rings. The number of aromatic nitrogens is 2. The average Bonchev–Trinajstić information content (AvgIpc) is 2.43. The molecule has 80 valence electrons. The average molecular weight is 268 g/mol. The van der Waals surface area contributed by atoms with E-state index in [1.165, 1.54) is 5.69 Å². The molecule has 2 rings (SSSR count). The zero-order chi connectivity index (χ0) is 11.0. The van der Waals surface area contributed by atoms with Gasteiger partial charge in [-0.1, -0.05) is 0 Å². The van der Waals surface area contributed by atoms with Crippen LogP contribution in [0.5, 0.6) is 0 Å². The first-order valence-corrected chi connectivity index (χ1v) is 5.76. The number of nitrogens with two attached hydrogens (primary N) is 1. The molecule has 1 atom stereocenters. The van der Waals surface area contributed by atoms with Crippen LogP contribution < -0.4 is 5.73 Å². The fourth-order valence-electron chi connectivity index (χ4n) is 1.74. The fourth-order valence-corrected chi connectivity index (χ4v) is 2.07. The minimum absolute atomic E-state index is 0.155. The summed E-state index contributed by atoms with van der Waals surface area (Å²) in [6, 6.07) is 4.15. The van der Waals surface area contributed by atoms with Crippen molar-refractivity contribution >= 4 is 21.6 Å². The minimum Gasteiger partial charge on any atom is -0.328 e. The SMILES string of the molecule is Cc1nc2ccc(Br)cn2c1CC(C)N. The monoisotopic (exact) mass is 267 g/mol. The number of rotatable bonds is 2. The summed E-state index contributed by atoms with van der Waals surface area (Å²) in [5.74, 6) is 0. The molecule has 2 aromatic rings. The number of pyridine rings is 1. The fraction of sp³-hybridized carbons (Fsp3) is 0.364. The lowest BCUT2D eigenvalue weighted by Crippen LogP contribution is -2.19. The molecular formula is C11H14BrN3. The lowest BCUT2D eigenvalue weighted by atomic mass is 10.1. The Bertz CT molecular complexity index is 488. The van der Waals surface area contributed by atoms with Gasteiger partial charge >= 0.3 is 0 Å². The van der Waals surface area contributed by atoms with Crippen molar-refractivity contribution in [2.24, 2.45) is 5.73 Å². The third kappa shape index (κ3) is 2.06. The maximum atomic E-state index is 5.83. The molecule has 0 aliphatic heterocycles. The van der Waals surface area contributed by atoms with Crippen molar-refractivity contribution in [3.05, 3.63) is 34.2 Å². The molecule has 15 heavy (non-hydrogen) atoms. The molecule has 0 amide bonds. The van der Waals surface area contributed by atoms with Crippen molar-refractivity contribution in [2.75, 3.05) is 0 Å². The van der Waals surface area contributed by atoms with Crippen LogP contribution >= 0.6 is 15.9 Å². The normalized spacial score (nSPS) is 13.3. The van der Waals surface area contributed by atoms with Crippen molar-refractivity contribution < 1.29 is 0 Å². The van der Waals surface area contributed by atoms with Crippen LogP contribution in [0, 0.1) is 6.92 Å². The van der Waals surface area contributed by atoms with Gasteiger partial charge in [0.15, 0.2) is 0 Å². The number of fused-ring (bicyclic) bond motifs is 1. The molecule has 0 aromatic carbocycles. The van der Waals surface area contributed by atoms with E-state index in [9.17, 15) is 0 Å². The highest BCUT2D eigenvalue weighted by Crippen LogP contribution is 2.17. The zero-order valence-electron chi connectivity index (χ0n) is 8.87. The molecule has 0 saturated carbocycles. The molecule has 2 heterocycles. The zero-order valence-corrected chi connectivity index (χ0v) is 10.5. The third-order valence-electron chi connectivity index (χ3n) is 2.40. The number of hydrogen-bond acceptors (Lipinski definition) is 2. The number of hydrogen-bond donors (Lipinski definition) is 1. The van der Waals surface area contributed by atoms with Gasteiger partial charge in [0.2, 0.25) is 0 Å². The highest BCUT2D eigenvalue weighted by Gasteiger charge is 2.10. The van der Waals surface area contributed by atoms with Crippen molar-refractivity contribution in [3.8, 4) is 0 Å². The molecule has 2 aromatic heterocycles. The van der Waals surface area contributed by atoms with Crippen molar-refractivity contribution in [1.82, 2.24) is 9.38 Å². The highest BCUT2D eigenvalue weighted by atomic mass is 79.9. The topological polar surface area (TPSA) is 43.3 Å². The van der Waals surface area contributed by atoms with Gasteiger partial charge in [0.25, 0.3) is 0 Å². The first-order chi connectivity index (χ1) is 7.08. The summed E-state index contributed by atoms with van der Waals surface area (Å²) in [5.41, 5.74) is 9.06. The standard InChI is InChI=1S/C11H14BrN3/c1-7(13)5-10-8(2)14-11-4-3-9(12)6-15(10)11/h3-4,6-7H,5,13H2,1-2H3. The summed E-state index contributed by atoms with van der Waals surface area (Å²) < 4.78 is 3.15. The first kappa shape index (κ1) is 10.6. The van der Waals surface area contributed by atoms with Crippen LogP contribution in [0.4, 0.5) is 0 Å². The van der Waals surface area contributed by atoms with Crippen LogP contribution in [0.15, 0.2) is 22.8 Å². The predicted molar refractivity (Wildman–Crippen MR) is 65.0 cm³/mol. The Morgan fingerprint density at radius 1 is 1.53 bits per heavy atom. The van der Waals surface area contributed by atoms with E-state index in [4.69, 9.17) is 5.73 Å². The maximum absolute atomic E-state index is 5.83. The van der Waals surface area contributed by atoms with E-state index in [1.54, 1.807) is 0 Å². The Hall–Kier alpha value is -0.870. The van der Waals surface area contributed by atoms with Crippen LogP contribution in [0.1, 0.15) is 18.3 Å². The molecule has 0 spiro atoms. The summed E-state index contributed by atoms with van der Waals surface area (Å²) in [5, 5.41) is 0. The number of imidazole rings is 1. The molecule has 3 nitrogen and oxygen atoms in total. The van der Waals surface area contributed by atoms with E-state index >= 15 is 0 Å². The quantitative estimate of drug-likeness (QED) is 0.908. The molecule has 0 aliphatic carbocycles. The van der Waals surface area contributed by atoms with E-state index in [1.807, 2.05) is 32.2 Å². The van der Waals surface area contributed by atoms with Crippen LogP contribution in [-0.4, -0.2) is 15.4 Å². The highest BCUT2D eigenvalue weighted by molar-refractivity contribution is 9.10. The Kier molecular flexibility index (Phi) is 2.80. The molecule has 0 bridgehead atoms. The summed E-state index contributed by atoms with van der Waals surface area (Å²) in [4.78, 5) is 4.49. The van der Waals surface area contributed by atoms with Gasteiger partial charge in [0.1, 0.15) is 5.65 Å². The Morgan fingerprint density at radius 2 is 2.27 bits per heavy atom. The van der Waals surface area contributed by atoms with Crippen LogP contribution in [0.3, 0.4) is 0 Å². The second kappa shape index (κ2) is 3.94. The van der Waals surface area contributed by atoms with Gasteiger partial charge in [0.05, 0.1) is 5.69 Å². The van der Waals surface area contributed by atoms with E-state index in [-0.39, 0.29) is 6.04 Å². The van der Waals surface area contributed by atoms with E-state index in [0.29, 0.717) is 0 Å². The van der Waals surface area contributed by atoms with E-state index in [0.717, 1.165) is 22.2 Å². The minimum atomic E-state index is 0.155. The molecule has 0 saturated heterocycles. The maximum Gasteiger partial charge on any atom is 0.137 e. The van der Waals surface area contributed by atoms with Crippen molar-refractivity contribution in [1.29, 1.82) is 0 Å². The van der Waals surface area contributed by atoms with Gasteiger partial charge in [-0.25, -0.2) is 4.98 Å². The molecular weight excluding hydrogens is 254 g/mol. The smallest absolute Gasteiger partial charge is 0.137 e. The number of nitrogens with zero attached hydrogens (tertiary/aromatic N) is 2. The third-order valence-corrected chi connectivity index (χ3v) is 2.87. The van der Waals surface area contributed by atoms with E-state index < -0.39 is 0 Å². The largest absolute Gasteiger partial charge is 0.328 e. The number of aryl methyl sites for hydroxylation is 1. The van der Waals surface area contributed by atoms with Gasteiger partial charge in [-0.3, -0.25) is 0 Å². The Labute approximate surface area is 97.4 Å². The van der Waals surface area contributed by atoms with Crippen molar-refractivity contribution in [2.45, 2.75) is 26.3 Å². The molecule has 2 N–H and O–H groups in total. The predicted octanol–water partition coefficient (Wildman–Crippen LogP) is 2.29. The molecule has 4 heteroatoms. The lowest BCUT2D eigenvalue weighted by Gasteiger charge is -2.06. The van der Waals surface area contributed by atoms with Crippen LogP contribution in [-0.2, 0) is 6.42 Å². The van der Waals surface area contributed by atoms with Gasteiger partial charge in [-0.05, 0) is 41.9 Å². The second-order valence-electron chi connectivity index (χ2n) is 3.90. The molecule has 0 fully saturated rings. The summed E-state index contributed by atoms with van der Waals surface area (Å²) in [6.07, 6.45) is 2.89. The number of halogens is 1.